The smallest absolute Gasteiger partial charge is 0.251 e. The van der Waals surface area contributed by atoms with E-state index in [4.69, 9.17) is 4.74 Å². The molecule has 2 heterocycles. The van der Waals surface area contributed by atoms with E-state index in [1.54, 1.807) is 11.4 Å². The summed E-state index contributed by atoms with van der Waals surface area (Å²) < 4.78 is 34.5. The molecule has 1 atom stereocenters. The van der Waals surface area contributed by atoms with Crippen molar-refractivity contribution in [2.45, 2.75) is 55.4 Å². The van der Waals surface area contributed by atoms with Crippen LogP contribution in [0.3, 0.4) is 0 Å². The predicted octanol–water partition coefficient (Wildman–Crippen LogP) is 3.53. The molecule has 1 aliphatic rings. The highest BCUT2D eigenvalue weighted by molar-refractivity contribution is 9.10. The molecule has 0 radical (unpaired) electrons. The molecule has 1 aromatic heterocycles. The van der Waals surface area contributed by atoms with Crippen molar-refractivity contribution in [2.24, 2.45) is 0 Å². The zero-order valence-corrected chi connectivity index (χ0v) is 14.9. The van der Waals surface area contributed by atoms with E-state index in [1.807, 2.05) is 0 Å². The zero-order chi connectivity index (χ0) is 14.8. The number of hydrogen-bond donors (Lipinski definition) is 1. The number of rotatable bonds is 5. The summed E-state index contributed by atoms with van der Waals surface area (Å²) in [6.45, 7) is 4.80. The average Bonchev–Trinajstić information content (AvgIpc) is 2.85. The van der Waals surface area contributed by atoms with Crippen LogP contribution in [-0.4, -0.2) is 26.7 Å². The van der Waals surface area contributed by atoms with Gasteiger partial charge in [-0.05, 0) is 53.1 Å². The van der Waals surface area contributed by atoms with Gasteiger partial charge in [-0.15, -0.1) is 11.3 Å². The van der Waals surface area contributed by atoms with Gasteiger partial charge >= 0.3 is 0 Å². The van der Waals surface area contributed by atoms with Crippen molar-refractivity contribution in [1.82, 2.24) is 4.72 Å². The minimum Gasteiger partial charge on any atom is -0.375 e. The number of ether oxygens (including phenoxy) is 1. The van der Waals surface area contributed by atoms with E-state index in [-0.39, 0.29) is 11.6 Å². The maximum absolute atomic E-state index is 12.4. The van der Waals surface area contributed by atoms with E-state index < -0.39 is 10.0 Å². The van der Waals surface area contributed by atoms with Crippen molar-refractivity contribution < 1.29 is 13.2 Å². The summed E-state index contributed by atoms with van der Waals surface area (Å²) in [4.78, 5) is 0. The fourth-order valence-corrected chi connectivity index (χ4v) is 6.24. The molecule has 0 saturated carbocycles. The fraction of sp³-hybridized carbons (Fsp3) is 0.692. The summed E-state index contributed by atoms with van der Waals surface area (Å²) in [5.41, 5.74) is -0.182. The summed E-state index contributed by atoms with van der Waals surface area (Å²) in [5.74, 6) is 0. The number of sulfonamides is 1. The van der Waals surface area contributed by atoms with Gasteiger partial charge in [0.15, 0.2) is 0 Å². The molecule has 114 valence electrons. The van der Waals surface area contributed by atoms with E-state index >= 15 is 0 Å². The number of thiophene rings is 1. The molecule has 0 aliphatic carbocycles. The molecular weight excluding hydrogens is 362 g/mol. The molecule has 1 aromatic rings. The number of nitrogens with one attached hydrogen (secondary N) is 1. The Hall–Kier alpha value is 0.0500. The molecule has 1 fully saturated rings. The van der Waals surface area contributed by atoms with Crippen molar-refractivity contribution in [3.05, 3.63) is 15.9 Å². The summed E-state index contributed by atoms with van der Waals surface area (Å²) in [6, 6.07) is 1.70. The normalized spacial score (nSPS) is 22.9. The number of hydrogen-bond acceptors (Lipinski definition) is 4. The highest BCUT2D eigenvalue weighted by Crippen LogP contribution is 2.33. The third-order valence-electron chi connectivity index (χ3n) is 3.93. The van der Waals surface area contributed by atoms with Crippen LogP contribution in [0, 0.1) is 0 Å². The highest BCUT2D eigenvalue weighted by Gasteiger charge is 2.36. The van der Waals surface area contributed by atoms with Gasteiger partial charge < -0.3 is 4.74 Å². The molecular formula is C13H20BrNO3S2. The first kappa shape index (κ1) is 16.4. The first-order valence-corrected chi connectivity index (χ1v) is 9.97. The van der Waals surface area contributed by atoms with E-state index in [2.05, 4.69) is 34.5 Å². The maximum Gasteiger partial charge on any atom is 0.251 e. The van der Waals surface area contributed by atoms with Crippen LogP contribution in [0.1, 0.15) is 39.5 Å². The summed E-state index contributed by atoms with van der Waals surface area (Å²) in [7, 11) is -3.45. The van der Waals surface area contributed by atoms with Crippen molar-refractivity contribution in [1.29, 1.82) is 0 Å². The monoisotopic (exact) mass is 381 g/mol. The van der Waals surface area contributed by atoms with E-state index in [9.17, 15) is 8.42 Å². The Kier molecular flexibility index (Phi) is 5.29. The predicted molar refractivity (Wildman–Crippen MR) is 84.6 cm³/mol. The molecule has 0 spiro atoms. The third kappa shape index (κ3) is 3.44. The van der Waals surface area contributed by atoms with E-state index in [0.717, 1.165) is 25.7 Å². The lowest BCUT2D eigenvalue weighted by Crippen LogP contribution is -2.48. The van der Waals surface area contributed by atoms with Crippen LogP contribution in [-0.2, 0) is 14.8 Å². The highest BCUT2D eigenvalue weighted by atomic mass is 79.9. The molecule has 2 rings (SSSR count). The van der Waals surface area contributed by atoms with E-state index in [0.29, 0.717) is 15.3 Å². The molecule has 20 heavy (non-hydrogen) atoms. The van der Waals surface area contributed by atoms with Crippen LogP contribution >= 0.6 is 27.3 Å². The van der Waals surface area contributed by atoms with Gasteiger partial charge in [-0.25, -0.2) is 13.1 Å². The lowest BCUT2D eigenvalue weighted by atomic mass is 9.86. The van der Waals surface area contributed by atoms with Crippen molar-refractivity contribution in [3.8, 4) is 0 Å². The van der Waals surface area contributed by atoms with Gasteiger partial charge in [0.1, 0.15) is 4.21 Å². The Bertz CT molecular complexity index is 552. The molecule has 1 saturated heterocycles. The molecule has 1 aliphatic heterocycles. The molecule has 0 amide bonds. The van der Waals surface area contributed by atoms with Gasteiger partial charge in [-0.2, -0.15) is 0 Å². The summed E-state index contributed by atoms with van der Waals surface area (Å²) >= 11 is 4.51. The maximum atomic E-state index is 12.4. The molecule has 1 N–H and O–H groups in total. The Morgan fingerprint density at radius 3 is 2.75 bits per heavy atom. The second-order valence-electron chi connectivity index (χ2n) is 5.11. The van der Waals surface area contributed by atoms with Crippen LogP contribution in [0.5, 0.6) is 0 Å². The van der Waals surface area contributed by atoms with Crippen LogP contribution in [0.15, 0.2) is 20.1 Å². The minimum atomic E-state index is -3.45. The third-order valence-corrected chi connectivity index (χ3v) is 8.12. The average molecular weight is 382 g/mol. The molecule has 0 bridgehead atoms. The van der Waals surface area contributed by atoms with Crippen LogP contribution in [0.4, 0.5) is 0 Å². The van der Waals surface area contributed by atoms with Gasteiger partial charge in [-0.3, -0.25) is 0 Å². The van der Waals surface area contributed by atoms with Gasteiger partial charge in [0, 0.05) is 17.1 Å². The van der Waals surface area contributed by atoms with Crippen molar-refractivity contribution in [3.63, 3.8) is 0 Å². The topological polar surface area (TPSA) is 55.4 Å². The second kappa shape index (κ2) is 6.44. The molecule has 7 heteroatoms. The van der Waals surface area contributed by atoms with Crippen molar-refractivity contribution in [2.75, 3.05) is 6.61 Å². The van der Waals surface area contributed by atoms with Gasteiger partial charge in [-0.1, -0.05) is 13.8 Å². The first-order chi connectivity index (χ1) is 9.42. The lowest BCUT2D eigenvalue weighted by molar-refractivity contribution is -0.0905. The second-order valence-corrected chi connectivity index (χ2v) is 8.79. The SMILES string of the molecule is CCC1(CC)CC(NS(=O)(=O)c2sccc2Br)CCO1. The minimum absolute atomic E-state index is 0.0531. The molecule has 1 unspecified atom stereocenters. The van der Waals surface area contributed by atoms with Gasteiger partial charge in [0.2, 0.25) is 0 Å². The van der Waals surface area contributed by atoms with E-state index in [1.165, 1.54) is 11.3 Å². The standard InChI is InChI=1S/C13H20BrNO3S2/c1-3-13(4-2)9-10(5-7-18-13)15-20(16,17)12-11(14)6-8-19-12/h6,8,10,15H,3-5,7,9H2,1-2H3. The quantitative estimate of drug-likeness (QED) is 0.848. The fourth-order valence-electron chi connectivity index (χ4n) is 2.62. The zero-order valence-electron chi connectivity index (χ0n) is 11.7. The Morgan fingerprint density at radius 1 is 1.50 bits per heavy atom. The van der Waals surface area contributed by atoms with Gasteiger partial charge in [0.05, 0.1) is 5.60 Å². The van der Waals surface area contributed by atoms with Gasteiger partial charge in [0.25, 0.3) is 10.0 Å². The first-order valence-electron chi connectivity index (χ1n) is 6.82. The lowest BCUT2D eigenvalue weighted by Gasteiger charge is -2.40. The summed E-state index contributed by atoms with van der Waals surface area (Å²) in [5, 5.41) is 1.77. The van der Waals surface area contributed by atoms with Crippen LogP contribution < -0.4 is 4.72 Å². The Balaban J connectivity index is 2.12. The Morgan fingerprint density at radius 2 is 2.20 bits per heavy atom. The molecule has 4 nitrogen and oxygen atoms in total. The van der Waals surface area contributed by atoms with Crippen molar-refractivity contribution >= 4 is 37.3 Å². The Labute approximate surface area is 133 Å². The molecule has 0 aromatic carbocycles. The van der Waals surface area contributed by atoms with Crippen LogP contribution in [0.2, 0.25) is 0 Å². The number of halogens is 1. The summed E-state index contributed by atoms with van der Waals surface area (Å²) in [6.07, 6.45) is 3.28. The largest absolute Gasteiger partial charge is 0.375 e. The van der Waals surface area contributed by atoms with Crippen LogP contribution in [0.25, 0.3) is 0 Å².